The Kier molecular flexibility index (Phi) is 4.56. The van der Waals surface area contributed by atoms with Crippen LogP contribution in [0.25, 0.3) is 0 Å². The summed E-state index contributed by atoms with van der Waals surface area (Å²) < 4.78 is 15.8. The first-order valence-corrected chi connectivity index (χ1v) is 6.21. The van der Waals surface area contributed by atoms with Gasteiger partial charge in [0.05, 0.1) is 22.9 Å². The Hall–Kier alpha value is -3.11. The van der Waals surface area contributed by atoms with Crippen molar-refractivity contribution in [1.82, 2.24) is 25.0 Å². The third-order valence-electron chi connectivity index (χ3n) is 2.63. The summed E-state index contributed by atoms with van der Waals surface area (Å²) in [6.45, 7) is 1.87. The van der Waals surface area contributed by atoms with Gasteiger partial charge in [-0.05, 0) is 6.92 Å². The Bertz CT molecular complexity index is 721. The normalized spacial score (nSPS) is 11.0. The number of hydrogen-bond donors (Lipinski definition) is 1. The van der Waals surface area contributed by atoms with Crippen molar-refractivity contribution in [2.24, 2.45) is 5.10 Å². The fourth-order valence-electron chi connectivity index (χ4n) is 1.58. The Labute approximate surface area is 123 Å². The van der Waals surface area contributed by atoms with Crippen LogP contribution < -0.4 is 5.43 Å². The van der Waals surface area contributed by atoms with Gasteiger partial charge in [-0.25, -0.2) is 10.1 Å². The molecule has 0 aliphatic heterocycles. The van der Waals surface area contributed by atoms with Crippen molar-refractivity contribution in [1.29, 1.82) is 0 Å². The third kappa shape index (κ3) is 3.50. The number of halogens is 1. The van der Waals surface area contributed by atoms with E-state index < -0.39 is 16.8 Å². The largest absolute Gasteiger partial charge is 0.307 e. The van der Waals surface area contributed by atoms with E-state index in [1.165, 1.54) is 6.20 Å². The van der Waals surface area contributed by atoms with Crippen LogP contribution in [0.5, 0.6) is 0 Å². The first kappa shape index (κ1) is 15.3. The van der Waals surface area contributed by atoms with E-state index in [2.05, 4.69) is 20.7 Å². The van der Waals surface area contributed by atoms with Gasteiger partial charge in [-0.2, -0.15) is 19.7 Å². The molecule has 2 aromatic heterocycles. The van der Waals surface area contributed by atoms with Crippen molar-refractivity contribution in [2.75, 3.05) is 0 Å². The summed E-state index contributed by atoms with van der Waals surface area (Å²) >= 11 is 0. The zero-order valence-corrected chi connectivity index (χ0v) is 11.5. The molecular formula is C11H12FN7O3. The number of rotatable bonds is 6. The van der Waals surface area contributed by atoms with E-state index in [4.69, 9.17) is 0 Å². The molecule has 116 valence electrons. The standard InChI is InChI=1S/C11H12FN7O3/c1-2-18-11(12)8(4-15-18)3-13-16-10(20)7-17-6-9(5-14-17)19(21)22/h3-6H,2,7H2,1H3,(H,16,20)/b13-3+. The van der Waals surface area contributed by atoms with Gasteiger partial charge in [-0.3, -0.25) is 19.6 Å². The molecule has 0 fully saturated rings. The van der Waals surface area contributed by atoms with E-state index in [1.54, 1.807) is 6.92 Å². The van der Waals surface area contributed by atoms with E-state index >= 15 is 0 Å². The fraction of sp³-hybridized carbons (Fsp3) is 0.273. The lowest BCUT2D eigenvalue weighted by molar-refractivity contribution is -0.385. The number of hydrogen-bond acceptors (Lipinski definition) is 6. The Balaban J connectivity index is 1.90. The highest BCUT2D eigenvalue weighted by Gasteiger charge is 2.11. The predicted molar refractivity (Wildman–Crippen MR) is 72.5 cm³/mol. The van der Waals surface area contributed by atoms with Crippen LogP contribution in [0, 0.1) is 16.1 Å². The van der Waals surface area contributed by atoms with Crippen molar-refractivity contribution >= 4 is 17.8 Å². The monoisotopic (exact) mass is 309 g/mol. The molecule has 0 saturated heterocycles. The molecule has 0 aliphatic carbocycles. The van der Waals surface area contributed by atoms with Gasteiger partial charge in [0.25, 0.3) is 5.91 Å². The van der Waals surface area contributed by atoms with E-state index in [0.29, 0.717) is 6.54 Å². The van der Waals surface area contributed by atoms with Gasteiger partial charge in [0, 0.05) is 6.54 Å². The highest BCUT2D eigenvalue weighted by molar-refractivity contribution is 5.82. The van der Waals surface area contributed by atoms with Crippen molar-refractivity contribution in [3.05, 3.63) is 40.2 Å². The Morgan fingerprint density at radius 2 is 2.32 bits per heavy atom. The highest BCUT2D eigenvalue weighted by Crippen LogP contribution is 2.07. The fourth-order valence-corrected chi connectivity index (χ4v) is 1.58. The van der Waals surface area contributed by atoms with Crippen molar-refractivity contribution in [3.8, 4) is 0 Å². The molecule has 10 nitrogen and oxygen atoms in total. The smallest absolute Gasteiger partial charge is 0.271 e. The SMILES string of the molecule is CCn1ncc(/C=N/NC(=O)Cn2cc([N+](=O)[O-])cn2)c1F. The van der Waals surface area contributed by atoms with Crippen LogP contribution in [-0.2, 0) is 17.9 Å². The zero-order chi connectivity index (χ0) is 16.1. The van der Waals surface area contributed by atoms with Crippen LogP contribution >= 0.6 is 0 Å². The van der Waals surface area contributed by atoms with Crippen LogP contribution in [0.3, 0.4) is 0 Å². The molecule has 0 unspecified atom stereocenters. The second kappa shape index (κ2) is 6.56. The molecule has 0 spiro atoms. The van der Waals surface area contributed by atoms with E-state index in [0.717, 1.165) is 28.0 Å². The Morgan fingerprint density at radius 1 is 1.55 bits per heavy atom. The maximum Gasteiger partial charge on any atom is 0.307 e. The van der Waals surface area contributed by atoms with E-state index in [1.807, 2.05) is 0 Å². The molecule has 0 bridgehead atoms. The Morgan fingerprint density at radius 3 is 2.91 bits per heavy atom. The third-order valence-corrected chi connectivity index (χ3v) is 2.63. The summed E-state index contributed by atoms with van der Waals surface area (Å²) in [7, 11) is 0. The lowest BCUT2D eigenvalue weighted by atomic mass is 10.4. The minimum Gasteiger partial charge on any atom is -0.271 e. The average Bonchev–Trinajstić information content (AvgIpc) is 3.07. The molecule has 1 amide bonds. The molecular weight excluding hydrogens is 297 g/mol. The summed E-state index contributed by atoms with van der Waals surface area (Å²) in [5.41, 5.74) is 2.09. The molecule has 2 rings (SSSR count). The number of carbonyl (C=O) groups excluding carboxylic acids is 1. The number of aryl methyl sites for hydroxylation is 1. The molecule has 1 N–H and O–H groups in total. The molecule has 0 radical (unpaired) electrons. The highest BCUT2D eigenvalue weighted by atomic mass is 19.1. The van der Waals surface area contributed by atoms with Gasteiger partial charge in [-0.15, -0.1) is 0 Å². The van der Waals surface area contributed by atoms with E-state index in [-0.39, 0.29) is 17.8 Å². The van der Waals surface area contributed by atoms with E-state index in [9.17, 15) is 19.3 Å². The molecule has 0 atom stereocenters. The number of nitro groups is 1. The summed E-state index contributed by atoms with van der Waals surface area (Å²) in [4.78, 5) is 21.4. The number of hydrazone groups is 1. The number of aromatic nitrogens is 4. The van der Waals surface area contributed by atoms with Crippen LogP contribution in [0.4, 0.5) is 10.1 Å². The molecule has 0 aromatic carbocycles. The summed E-state index contributed by atoms with van der Waals surface area (Å²) in [5, 5.41) is 21.5. The number of carbonyl (C=O) groups is 1. The number of amides is 1. The van der Waals surface area contributed by atoms with Gasteiger partial charge in [0.1, 0.15) is 18.9 Å². The van der Waals surface area contributed by atoms with Crippen molar-refractivity contribution in [3.63, 3.8) is 0 Å². The quantitative estimate of drug-likeness (QED) is 0.467. The predicted octanol–water partition coefficient (Wildman–Crippen LogP) is 0.297. The van der Waals surface area contributed by atoms with Crippen LogP contribution in [0.2, 0.25) is 0 Å². The van der Waals surface area contributed by atoms with Crippen LogP contribution in [0.15, 0.2) is 23.7 Å². The topological polar surface area (TPSA) is 120 Å². The lowest BCUT2D eigenvalue weighted by Crippen LogP contribution is -2.23. The molecule has 0 saturated carbocycles. The number of nitrogens with zero attached hydrogens (tertiary/aromatic N) is 6. The van der Waals surface area contributed by atoms with Crippen molar-refractivity contribution < 1.29 is 14.1 Å². The first-order chi connectivity index (χ1) is 10.5. The minimum atomic E-state index is -0.617. The molecule has 0 aliphatic rings. The minimum absolute atomic E-state index is 0.136. The second-order valence-electron chi connectivity index (χ2n) is 4.15. The van der Waals surface area contributed by atoms with Crippen LogP contribution in [-0.4, -0.2) is 36.6 Å². The summed E-state index contributed by atoms with van der Waals surface area (Å²) in [6, 6.07) is 0. The maximum absolute atomic E-state index is 13.6. The van der Waals surface area contributed by atoms with Crippen LogP contribution in [0.1, 0.15) is 12.5 Å². The molecule has 2 heterocycles. The molecule has 11 heteroatoms. The van der Waals surface area contributed by atoms with Crippen molar-refractivity contribution in [2.45, 2.75) is 20.0 Å². The zero-order valence-electron chi connectivity index (χ0n) is 11.5. The lowest BCUT2D eigenvalue weighted by Gasteiger charge is -1.99. The van der Waals surface area contributed by atoms with Gasteiger partial charge >= 0.3 is 5.69 Å². The summed E-state index contributed by atoms with van der Waals surface area (Å²) in [5.74, 6) is -1.11. The van der Waals surface area contributed by atoms with Gasteiger partial charge in [0.2, 0.25) is 5.95 Å². The number of nitrogens with one attached hydrogen (secondary N) is 1. The van der Waals surface area contributed by atoms with Gasteiger partial charge < -0.3 is 0 Å². The molecule has 22 heavy (non-hydrogen) atoms. The summed E-state index contributed by atoms with van der Waals surface area (Å²) in [6.07, 6.45) is 4.56. The second-order valence-corrected chi connectivity index (χ2v) is 4.15. The maximum atomic E-state index is 13.6. The average molecular weight is 309 g/mol. The van der Waals surface area contributed by atoms with Gasteiger partial charge in [0.15, 0.2) is 0 Å². The first-order valence-electron chi connectivity index (χ1n) is 6.21. The van der Waals surface area contributed by atoms with Gasteiger partial charge in [-0.1, -0.05) is 0 Å². The molecule has 2 aromatic rings.